The minimum atomic E-state index is -0.745. The van der Waals surface area contributed by atoms with Gasteiger partial charge in [0.25, 0.3) is 5.91 Å². The number of carbonyl (C=O) groups excluding carboxylic acids is 1. The summed E-state index contributed by atoms with van der Waals surface area (Å²) < 4.78 is 14.6. The van der Waals surface area contributed by atoms with Gasteiger partial charge in [-0.05, 0) is 30.7 Å². The van der Waals surface area contributed by atoms with Gasteiger partial charge in [-0.1, -0.05) is 41.1 Å². The average Bonchev–Trinajstić information content (AvgIpc) is 3.46. The smallest absolute Gasteiger partial charge is 0.273 e. The van der Waals surface area contributed by atoms with Crippen LogP contribution in [0.3, 0.4) is 0 Å². The summed E-state index contributed by atoms with van der Waals surface area (Å²) in [5, 5.41) is 1.16. The maximum Gasteiger partial charge on any atom is 0.273 e. The summed E-state index contributed by atoms with van der Waals surface area (Å²) >= 11 is 7.76. The molecule has 0 spiro atoms. The van der Waals surface area contributed by atoms with Crippen LogP contribution in [0.1, 0.15) is 6.42 Å². The van der Waals surface area contributed by atoms with E-state index >= 15 is 0 Å². The second-order valence-electron chi connectivity index (χ2n) is 7.09. The number of para-hydroxylation sites is 3. The number of aromatic nitrogens is 3. The van der Waals surface area contributed by atoms with E-state index < -0.39 is 6.10 Å². The fourth-order valence-electron chi connectivity index (χ4n) is 3.46. The summed E-state index contributed by atoms with van der Waals surface area (Å²) in [6, 6.07) is 13.0. The van der Waals surface area contributed by atoms with Crippen molar-refractivity contribution >= 4 is 56.6 Å². The maximum absolute atomic E-state index is 13.5. The number of halogens is 2. The van der Waals surface area contributed by atoms with E-state index in [0.717, 1.165) is 17.7 Å². The molecule has 2 aromatic carbocycles. The number of imidazole rings is 1. The number of hydrogen-bond donors (Lipinski definition) is 0. The lowest BCUT2D eigenvalue weighted by atomic mass is 10.2. The van der Waals surface area contributed by atoms with Crippen molar-refractivity contribution in [2.24, 2.45) is 0 Å². The Morgan fingerprint density at radius 2 is 2.06 bits per heavy atom. The Labute approximate surface area is 200 Å². The first-order valence-corrected chi connectivity index (χ1v) is 11.1. The van der Waals surface area contributed by atoms with Crippen LogP contribution in [0.25, 0.3) is 10.2 Å². The summed E-state index contributed by atoms with van der Waals surface area (Å²) in [6.07, 6.45) is 5.39. The van der Waals surface area contributed by atoms with Crippen molar-refractivity contribution in [1.29, 1.82) is 0 Å². The van der Waals surface area contributed by atoms with Crippen molar-refractivity contribution in [3.8, 4) is 11.5 Å². The largest absolute Gasteiger partial charge is 0.485 e. The summed E-state index contributed by atoms with van der Waals surface area (Å²) in [4.78, 5) is 23.9. The molecule has 0 saturated heterocycles. The van der Waals surface area contributed by atoms with Crippen molar-refractivity contribution in [2.45, 2.75) is 19.1 Å². The Kier molecular flexibility index (Phi) is 6.83. The number of thiazole rings is 1. The molecule has 5 rings (SSSR count). The van der Waals surface area contributed by atoms with Gasteiger partial charge < -0.3 is 14.0 Å². The van der Waals surface area contributed by atoms with Crippen LogP contribution in [-0.4, -0.2) is 39.7 Å². The molecule has 3 heterocycles. The van der Waals surface area contributed by atoms with Crippen LogP contribution in [0.2, 0.25) is 5.02 Å². The molecule has 1 aliphatic heterocycles. The Morgan fingerprint density at radius 1 is 1.22 bits per heavy atom. The molecule has 166 valence electrons. The lowest BCUT2D eigenvalue weighted by Crippen LogP contribution is -2.47. The van der Waals surface area contributed by atoms with Crippen LogP contribution in [0.4, 0.5) is 5.13 Å². The van der Waals surface area contributed by atoms with Gasteiger partial charge in [-0.3, -0.25) is 9.69 Å². The third kappa shape index (κ3) is 4.53. The highest BCUT2D eigenvalue weighted by Crippen LogP contribution is 2.35. The molecule has 32 heavy (non-hydrogen) atoms. The zero-order valence-electron chi connectivity index (χ0n) is 16.9. The predicted octanol–water partition coefficient (Wildman–Crippen LogP) is 4.83. The van der Waals surface area contributed by atoms with Crippen molar-refractivity contribution in [3.05, 3.63) is 66.2 Å². The molecule has 0 bridgehead atoms. The van der Waals surface area contributed by atoms with Crippen LogP contribution in [0.15, 0.2) is 61.2 Å². The number of hydrogen-bond acceptors (Lipinski definition) is 6. The zero-order valence-corrected chi connectivity index (χ0v) is 19.3. The van der Waals surface area contributed by atoms with Crippen LogP contribution in [0.5, 0.6) is 11.5 Å². The summed E-state index contributed by atoms with van der Waals surface area (Å²) in [5.41, 5.74) is 0.697. The van der Waals surface area contributed by atoms with Gasteiger partial charge >= 0.3 is 0 Å². The summed E-state index contributed by atoms with van der Waals surface area (Å²) in [7, 11) is 0. The number of ether oxygens (including phenoxy) is 2. The molecule has 1 aliphatic rings. The highest BCUT2D eigenvalue weighted by atomic mass is 35.5. The number of carbonyl (C=O) groups is 1. The van der Waals surface area contributed by atoms with Gasteiger partial charge in [0.05, 0.1) is 16.0 Å². The average molecular weight is 491 g/mol. The van der Waals surface area contributed by atoms with Crippen LogP contribution >= 0.6 is 35.3 Å². The number of nitrogens with zero attached hydrogens (tertiary/aromatic N) is 4. The van der Waals surface area contributed by atoms with Gasteiger partial charge in [-0.2, -0.15) is 0 Å². The summed E-state index contributed by atoms with van der Waals surface area (Å²) in [5.74, 6) is 1.03. The van der Waals surface area contributed by atoms with E-state index in [-0.39, 0.29) is 24.9 Å². The van der Waals surface area contributed by atoms with E-state index in [4.69, 9.17) is 21.1 Å². The number of anilines is 1. The molecule has 0 radical (unpaired) electrons. The third-order valence-electron chi connectivity index (χ3n) is 5.00. The van der Waals surface area contributed by atoms with Crippen LogP contribution in [0, 0.1) is 0 Å². The Balaban J connectivity index is 0.00000245. The molecule has 0 fully saturated rings. The van der Waals surface area contributed by atoms with Crippen LogP contribution in [-0.2, 0) is 11.3 Å². The fraction of sp³-hybridized carbons (Fsp3) is 0.227. The fourth-order valence-corrected chi connectivity index (χ4v) is 4.76. The molecular formula is C22H20Cl2N4O3S. The Bertz CT molecular complexity index is 1220. The number of rotatable bonds is 6. The van der Waals surface area contributed by atoms with Gasteiger partial charge in [-0.25, -0.2) is 9.97 Å². The van der Waals surface area contributed by atoms with Crippen molar-refractivity contribution < 1.29 is 14.3 Å². The molecule has 7 nitrogen and oxygen atoms in total. The Morgan fingerprint density at radius 3 is 2.84 bits per heavy atom. The number of amides is 1. The van der Waals surface area contributed by atoms with E-state index in [2.05, 4.69) is 9.97 Å². The molecule has 10 heteroatoms. The maximum atomic E-state index is 13.5. The molecular weight excluding hydrogens is 471 g/mol. The SMILES string of the molecule is Cl.O=C(C1COc2ccccc2O1)N(CCCn1ccnc1)c1nc2c(Cl)cccc2s1. The van der Waals surface area contributed by atoms with Gasteiger partial charge in [0.15, 0.2) is 16.6 Å². The number of aryl methyl sites for hydroxylation is 1. The van der Waals surface area contributed by atoms with Gasteiger partial charge in [0.1, 0.15) is 12.1 Å². The standard InChI is InChI=1S/C22H19ClN4O3S.ClH/c23-15-5-3-8-19-20(15)25-22(31-19)27(11-4-10-26-12-9-24-14-26)21(28)18-13-29-16-6-1-2-7-17(16)30-18;/h1-3,5-9,12,14,18H,4,10-11,13H2;1H. The van der Waals surface area contributed by atoms with Crippen LogP contribution < -0.4 is 14.4 Å². The first-order valence-electron chi connectivity index (χ1n) is 9.90. The monoisotopic (exact) mass is 490 g/mol. The topological polar surface area (TPSA) is 69.5 Å². The van der Waals surface area contributed by atoms with E-state index in [0.29, 0.717) is 33.7 Å². The number of benzene rings is 2. The lowest BCUT2D eigenvalue weighted by molar-refractivity contribution is -0.127. The van der Waals surface area contributed by atoms with E-state index in [9.17, 15) is 4.79 Å². The molecule has 1 amide bonds. The zero-order chi connectivity index (χ0) is 21.2. The first kappa shape index (κ1) is 22.4. The lowest BCUT2D eigenvalue weighted by Gasteiger charge is -2.29. The van der Waals surface area contributed by atoms with Crippen molar-refractivity contribution in [2.75, 3.05) is 18.1 Å². The molecule has 4 aromatic rings. The molecule has 0 saturated carbocycles. The van der Waals surface area contributed by atoms with Crippen molar-refractivity contribution in [1.82, 2.24) is 14.5 Å². The van der Waals surface area contributed by atoms with Crippen molar-refractivity contribution in [3.63, 3.8) is 0 Å². The van der Waals surface area contributed by atoms with Gasteiger partial charge in [-0.15, -0.1) is 12.4 Å². The predicted molar refractivity (Wildman–Crippen MR) is 127 cm³/mol. The molecule has 1 atom stereocenters. The minimum Gasteiger partial charge on any atom is -0.485 e. The van der Waals surface area contributed by atoms with E-state index in [1.54, 1.807) is 29.6 Å². The first-order chi connectivity index (χ1) is 15.2. The minimum absolute atomic E-state index is 0. The third-order valence-corrected chi connectivity index (χ3v) is 6.35. The normalized spacial score (nSPS) is 14.7. The van der Waals surface area contributed by atoms with Gasteiger partial charge in [0, 0.05) is 25.5 Å². The summed E-state index contributed by atoms with van der Waals surface area (Å²) in [6.45, 7) is 1.37. The second-order valence-corrected chi connectivity index (χ2v) is 8.51. The molecule has 0 N–H and O–H groups in total. The highest BCUT2D eigenvalue weighted by Gasteiger charge is 2.33. The van der Waals surface area contributed by atoms with E-state index in [1.807, 2.05) is 41.1 Å². The molecule has 1 unspecified atom stereocenters. The van der Waals surface area contributed by atoms with E-state index in [1.165, 1.54) is 11.3 Å². The Hall–Kier alpha value is -2.81. The molecule has 2 aromatic heterocycles. The van der Waals surface area contributed by atoms with Gasteiger partial charge in [0.2, 0.25) is 6.10 Å². The number of fused-ring (bicyclic) bond motifs is 2. The quantitative estimate of drug-likeness (QED) is 0.387. The molecule has 0 aliphatic carbocycles. The highest BCUT2D eigenvalue weighted by molar-refractivity contribution is 7.22. The second kappa shape index (κ2) is 9.77.